The number of hydrogen-bond donors (Lipinski definition) is 1. The first-order valence-electron chi connectivity index (χ1n) is 9.14. The molecule has 1 aromatic carbocycles. The summed E-state index contributed by atoms with van der Waals surface area (Å²) in [6, 6.07) is 15.7. The highest BCUT2D eigenvalue weighted by molar-refractivity contribution is 5.92. The van der Waals surface area contributed by atoms with E-state index in [9.17, 15) is 4.79 Å². The molecule has 1 aliphatic heterocycles. The molecular formula is C21H22N4O2. The molecule has 27 heavy (non-hydrogen) atoms. The van der Waals surface area contributed by atoms with Gasteiger partial charge >= 0.3 is 0 Å². The van der Waals surface area contributed by atoms with E-state index >= 15 is 0 Å². The highest BCUT2D eigenvalue weighted by Gasteiger charge is 2.27. The van der Waals surface area contributed by atoms with E-state index in [4.69, 9.17) is 9.72 Å². The van der Waals surface area contributed by atoms with Crippen LogP contribution in [0.1, 0.15) is 34.9 Å². The molecule has 1 aliphatic rings. The normalized spacial score (nSPS) is 16.9. The van der Waals surface area contributed by atoms with Crippen LogP contribution in [-0.2, 0) is 0 Å². The average molecular weight is 362 g/mol. The average Bonchev–Trinajstić information content (AvgIpc) is 3.28. The molecule has 4 rings (SSSR count). The van der Waals surface area contributed by atoms with Gasteiger partial charge < -0.3 is 9.64 Å². The second-order valence-electron chi connectivity index (χ2n) is 6.74. The second-order valence-corrected chi connectivity index (χ2v) is 6.74. The topological polar surface area (TPSA) is 71.1 Å². The maximum atomic E-state index is 12.6. The highest BCUT2D eigenvalue weighted by atomic mass is 16.5. The zero-order valence-corrected chi connectivity index (χ0v) is 15.3. The minimum absolute atomic E-state index is 0.00325. The first-order chi connectivity index (χ1) is 13.2. The summed E-state index contributed by atoms with van der Waals surface area (Å²) in [7, 11) is 1.66. The lowest BCUT2D eigenvalue weighted by Gasteiger charge is -2.32. The van der Waals surface area contributed by atoms with Crippen LogP contribution in [0.5, 0.6) is 5.75 Å². The molecule has 2 aromatic heterocycles. The fourth-order valence-electron chi connectivity index (χ4n) is 3.55. The van der Waals surface area contributed by atoms with Gasteiger partial charge in [-0.2, -0.15) is 5.10 Å². The summed E-state index contributed by atoms with van der Waals surface area (Å²) < 4.78 is 5.22. The standard InChI is InChI=1S/C21H22N4O2/c1-27-17-9-7-15(8-10-17)18-5-2-6-19(23-18)16-4-3-13-25(14-16)21(26)20-11-12-22-24-20/h2,5-12,16H,3-4,13-14H2,1H3,(H,22,24)/t16-/m0/s1. The Labute approximate surface area is 158 Å². The summed E-state index contributed by atoms with van der Waals surface area (Å²) in [5.41, 5.74) is 3.56. The lowest BCUT2D eigenvalue weighted by Crippen LogP contribution is -2.39. The number of rotatable bonds is 4. The lowest BCUT2D eigenvalue weighted by atomic mass is 9.93. The molecule has 3 aromatic rings. The van der Waals surface area contributed by atoms with Gasteiger partial charge in [0.05, 0.1) is 12.8 Å². The van der Waals surface area contributed by atoms with E-state index in [0.717, 1.165) is 42.1 Å². The van der Waals surface area contributed by atoms with Crippen LogP contribution in [0.3, 0.4) is 0 Å². The van der Waals surface area contributed by atoms with Gasteiger partial charge in [-0.3, -0.25) is 14.9 Å². The van der Waals surface area contributed by atoms with Crippen molar-refractivity contribution in [1.82, 2.24) is 20.1 Å². The zero-order valence-electron chi connectivity index (χ0n) is 15.3. The molecule has 0 spiro atoms. The number of nitrogens with zero attached hydrogens (tertiary/aromatic N) is 3. The molecule has 1 saturated heterocycles. The van der Waals surface area contributed by atoms with Gasteiger partial charge in [-0.25, -0.2) is 0 Å². The first kappa shape index (κ1) is 17.3. The summed E-state index contributed by atoms with van der Waals surface area (Å²) in [6.45, 7) is 1.45. The van der Waals surface area contributed by atoms with E-state index in [1.807, 2.05) is 41.3 Å². The summed E-state index contributed by atoms with van der Waals surface area (Å²) in [6.07, 6.45) is 3.61. The van der Waals surface area contributed by atoms with Crippen LogP contribution >= 0.6 is 0 Å². The van der Waals surface area contributed by atoms with Crippen molar-refractivity contribution in [3.63, 3.8) is 0 Å². The lowest BCUT2D eigenvalue weighted by molar-refractivity contribution is 0.0700. The molecule has 3 heterocycles. The van der Waals surface area contributed by atoms with E-state index in [0.29, 0.717) is 12.2 Å². The van der Waals surface area contributed by atoms with Crippen LogP contribution < -0.4 is 4.74 Å². The van der Waals surface area contributed by atoms with Crippen LogP contribution in [0.15, 0.2) is 54.7 Å². The van der Waals surface area contributed by atoms with Gasteiger partial charge in [-0.15, -0.1) is 0 Å². The molecule has 0 bridgehead atoms. The Balaban J connectivity index is 1.53. The molecule has 1 fully saturated rings. The fourth-order valence-corrected chi connectivity index (χ4v) is 3.55. The second kappa shape index (κ2) is 7.61. The molecule has 1 atom stereocenters. The SMILES string of the molecule is COc1ccc(-c2cccc([C@H]3CCCN(C(=O)c4ccn[nH]4)C3)n2)cc1. The van der Waals surface area contributed by atoms with Crippen molar-refractivity contribution in [1.29, 1.82) is 0 Å². The number of ether oxygens (including phenoxy) is 1. The molecule has 138 valence electrons. The van der Waals surface area contributed by atoms with Crippen LogP contribution in [0, 0.1) is 0 Å². The number of aromatic nitrogens is 3. The van der Waals surface area contributed by atoms with Crippen molar-refractivity contribution in [2.45, 2.75) is 18.8 Å². The van der Waals surface area contributed by atoms with Crippen molar-refractivity contribution < 1.29 is 9.53 Å². The number of piperidine rings is 1. The summed E-state index contributed by atoms with van der Waals surface area (Å²) in [4.78, 5) is 19.4. The Morgan fingerprint density at radius 2 is 2.04 bits per heavy atom. The molecule has 6 nitrogen and oxygen atoms in total. The molecule has 1 amide bonds. The van der Waals surface area contributed by atoms with E-state index < -0.39 is 0 Å². The Hall–Kier alpha value is -3.15. The molecule has 0 unspecified atom stereocenters. The number of amides is 1. The number of likely N-dealkylation sites (tertiary alicyclic amines) is 1. The molecule has 1 N–H and O–H groups in total. The number of carbonyl (C=O) groups is 1. The van der Waals surface area contributed by atoms with Crippen molar-refractivity contribution in [3.05, 3.63) is 66.1 Å². The Kier molecular flexibility index (Phi) is 4.87. The van der Waals surface area contributed by atoms with E-state index in [1.165, 1.54) is 0 Å². The molecule has 6 heteroatoms. The Bertz CT molecular complexity index is 906. The number of carbonyl (C=O) groups excluding carboxylic acids is 1. The van der Waals surface area contributed by atoms with Crippen molar-refractivity contribution >= 4 is 5.91 Å². The van der Waals surface area contributed by atoms with Crippen molar-refractivity contribution in [2.24, 2.45) is 0 Å². The van der Waals surface area contributed by atoms with Gasteiger partial charge in [-0.1, -0.05) is 6.07 Å². The van der Waals surface area contributed by atoms with Crippen LogP contribution in [0.25, 0.3) is 11.3 Å². The fraction of sp³-hybridized carbons (Fsp3) is 0.286. The molecule has 0 aliphatic carbocycles. The minimum atomic E-state index is 0.00325. The zero-order chi connectivity index (χ0) is 18.6. The monoisotopic (exact) mass is 362 g/mol. The van der Waals surface area contributed by atoms with E-state index in [2.05, 4.69) is 16.3 Å². The van der Waals surface area contributed by atoms with Gasteiger partial charge in [-0.05, 0) is 55.3 Å². The van der Waals surface area contributed by atoms with Crippen LogP contribution in [0.2, 0.25) is 0 Å². The number of benzene rings is 1. The maximum Gasteiger partial charge on any atom is 0.271 e. The van der Waals surface area contributed by atoms with Crippen LogP contribution in [0.4, 0.5) is 0 Å². The largest absolute Gasteiger partial charge is 0.497 e. The van der Waals surface area contributed by atoms with Crippen LogP contribution in [-0.4, -0.2) is 46.2 Å². The third-order valence-corrected chi connectivity index (χ3v) is 5.01. The van der Waals surface area contributed by atoms with Gasteiger partial charge in [0.2, 0.25) is 0 Å². The van der Waals surface area contributed by atoms with Crippen molar-refractivity contribution in [3.8, 4) is 17.0 Å². The molecular weight excluding hydrogens is 340 g/mol. The number of H-pyrrole nitrogens is 1. The van der Waals surface area contributed by atoms with E-state index in [1.54, 1.807) is 19.4 Å². The first-order valence-corrected chi connectivity index (χ1v) is 9.14. The third-order valence-electron chi connectivity index (χ3n) is 5.01. The highest BCUT2D eigenvalue weighted by Crippen LogP contribution is 2.28. The number of aromatic amines is 1. The molecule has 0 radical (unpaired) electrons. The number of pyridine rings is 1. The summed E-state index contributed by atoms with van der Waals surface area (Å²) >= 11 is 0. The van der Waals surface area contributed by atoms with E-state index in [-0.39, 0.29) is 11.8 Å². The Morgan fingerprint density at radius 1 is 1.19 bits per heavy atom. The summed E-state index contributed by atoms with van der Waals surface area (Å²) in [5, 5.41) is 6.64. The number of nitrogens with one attached hydrogen (secondary N) is 1. The maximum absolute atomic E-state index is 12.6. The van der Waals surface area contributed by atoms with Crippen molar-refractivity contribution in [2.75, 3.05) is 20.2 Å². The smallest absolute Gasteiger partial charge is 0.271 e. The number of hydrogen-bond acceptors (Lipinski definition) is 4. The molecule has 0 saturated carbocycles. The minimum Gasteiger partial charge on any atom is -0.497 e. The van der Waals surface area contributed by atoms with Gasteiger partial charge in [0, 0.05) is 36.5 Å². The summed E-state index contributed by atoms with van der Waals surface area (Å²) in [5.74, 6) is 1.07. The van der Waals surface area contributed by atoms with Gasteiger partial charge in [0.25, 0.3) is 5.91 Å². The Morgan fingerprint density at radius 3 is 2.78 bits per heavy atom. The predicted octanol–water partition coefficient (Wildman–Crippen LogP) is 3.50. The predicted molar refractivity (Wildman–Crippen MR) is 103 cm³/mol. The van der Waals surface area contributed by atoms with Gasteiger partial charge in [0.15, 0.2) is 0 Å². The quantitative estimate of drug-likeness (QED) is 0.771. The third kappa shape index (κ3) is 3.69. The number of methoxy groups -OCH3 is 1. The van der Waals surface area contributed by atoms with Gasteiger partial charge in [0.1, 0.15) is 11.4 Å².